The van der Waals surface area contributed by atoms with Gasteiger partial charge in [0, 0.05) is 5.56 Å². The van der Waals surface area contributed by atoms with Gasteiger partial charge in [0.1, 0.15) is 11.3 Å². The van der Waals surface area contributed by atoms with Crippen molar-refractivity contribution in [2.24, 2.45) is 5.73 Å². The van der Waals surface area contributed by atoms with E-state index in [9.17, 15) is 4.79 Å². The molecule has 1 heterocycles. The fraction of sp³-hybridized carbons (Fsp3) is 0. The number of fused-ring (bicyclic) bond motifs is 1. The molecule has 1 amide bonds. The second-order valence-electron chi connectivity index (χ2n) is 3.94. The van der Waals surface area contributed by atoms with Gasteiger partial charge in [-0.1, -0.05) is 18.2 Å². The molecule has 0 unspecified atom stereocenters. The summed E-state index contributed by atoms with van der Waals surface area (Å²) in [4.78, 5) is 15.3. The molecule has 0 saturated carbocycles. The molecule has 0 fully saturated rings. The number of oxazole rings is 1. The largest absolute Gasteiger partial charge is 0.411 e. The molecule has 0 spiro atoms. The van der Waals surface area contributed by atoms with E-state index in [4.69, 9.17) is 14.9 Å². The van der Waals surface area contributed by atoms with Crippen molar-refractivity contribution >= 4 is 17.0 Å². The number of hydrogen-bond acceptors (Lipinski definition) is 4. The summed E-state index contributed by atoms with van der Waals surface area (Å²) in [5, 5.41) is 0. The molecule has 0 aliphatic heterocycles. The third-order valence-corrected chi connectivity index (χ3v) is 2.60. The Bertz CT molecular complexity index is 716. The third kappa shape index (κ3) is 2.26. The zero-order valence-electron chi connectivity index (χ0n) is 9.87. The van der Waals surface area contributed by atoms with Crippen molar-refractivity contribution in [3.05, 3.63) is 54.1 Å². The van der Waals surface area contributed by atoms with Gasteiger partial charge >= 0.3 is 6.08 Å². The Labute approximate surface area is 108 Å². The van der Waals surface area contributed by atoms with Gasteiger partial charge in [-0.2, -0.15) is 4.98 Å². The van der Waals surface area contributed by atoms with Gasteiger partial charge in [0.2, 0.25) is 5.91 Å². The van der Waals surface area contributed by atoms with Crippen molar-refractivity contribution in [1.82, 2.24) is 4.98 Å². The third-order valence-electron chi connectivity index (χ3n) is 2.60. The standard InChI is InChI=1S/C14H10N2O3/c15-13(17)9-4-3-5-10(8-9)18-14-16-11-6-1-2-7-12(11)19-14/h1-8H,(H2,15,17). The highest BCUT2D eigenvalue weighted by molar-refractivity contribution is 5.93. The molecule has 0 aliphatic carbocycles. The molecule has 5 heteroatoms. The maximum absolute atomic E-state index is 11.1. The van der Waals surface area contributed by atoms with Crippen molar-refractivity contribution in [2.45, 2.75) is 0 Å². The number of rotatable bonds is 3. The lowest BCUT2D eigenvalue weighted by Crippen LogP contribution is -2.10. The number of nitrogens with two attached hydrogens (primary N) is 1. The molecule has 3 rings (SSSR count). The fourth-order valence-corrected chi connectivity index (χ4v) is 1.71. The van der Waals surface area contributed by atoms with Crippen LogP contribution in [0.25, 0.3) is 11.1 Å². The van der Waals surface area contributed by atoms with Gasteiger partial charge in [0.15, 0.2) is 5.58 Å². The van der Waals surface area contributed by atoms with E-state index >= 15 is 0 Å². The summed E-state index contributed by atoms with van der Waals surface area (Å²) in [6.07, 6.45) is 0.128. The minimum atomic E-state index is -0.511. The van der Waals surface area contributed by atoms with Gasteiger partial charge < -0.3 is 14.9 Å². The maximum atomic E-state index is 11.1. The van der Waals surface area contributed by atoms with Gasteiger partial charge in [-0.15, -0.1) is 0 Å². The molecular formula is C14H10N2O3. The first kappa shape index (κ1) is 11.3. The highest BCUT2D eigenvalue weighted by Gasteiger charge is 2.08. The van der Waals surface area contributed by atoms with E-state index in [1.54, 1.807) is 24.3 Å². The summed E-state index contributed by atoms with van der Waals surface area (Å²) < 4.78 is 10.9. The van der Waals surface area contributed by atoms with Crippen LogP contribution >= 0.6 is 0 Å². The molecule has 0 atom stereocenters. The molecule has 0 radical (unpaired) electrons. The first-order valence-corrected chi connectivity index (χ1v) is 5.66. The Morgan fingerprint density at radius 3 is 2.79 bits per heavy atom. The number of aromatic nitrogens is 1. The van der Waals surface area contributed by atoms with E-state index in [-0.39, 0.29) is 6.08 Å². The minimum Gasteiger partial charge on any atom is -0.411 e. The number of ether oxygens (including phenoxy) is 1. The van der Waals surface area contributed by atoms with Crippen LogP contribution in [-0.2, 0) is 0 Å². The summed E-state index contributed by atoms with van der Waals surface area (Å²) in [6, 6.07) is 13.9. The topological polar surface area (TPSA) is 78.4 Å². The smallest absolute Gasteiger partial charge is 0.400 e. The van der Waals surface area contributed by atoms with Crippen LogP contribution < -0.4 is 10.5 Å². The zero-order valence-corrected chi connectivity index (χ0v) is 9.87. The van der Waals surface area contributed by atoms with Crippen LogP contribution in [0.15, 0.2) is 52.9 Å². The lowest BCUT2D eigenvalue weighted by Gasteiger charge is -2.01. The molecule has 2 aromatic carbocycles. The molecule has 2 N–H and O–H groups in total. The Balaban J connectivity index is 1.92. The van der Waals surface area contributed by atoms with Crippen LogP contribution in [0, 0.1) is 0 Å². The number of amides is 1. The van der Waals surface area contributed by atoms with Gasteiger partial charge in [-0.3, -0.25) is 4.79 Å². The average Bonchev–Trinajstić information content (AvgIpc) is 2.81. The molecular weight excluding hydrogens is 244 g/mol. The second-order valence-corrected chi connectivity index (χ2v) is 3.94. The van der Waals surface area contributed by atoms with Crippen molar-refractivity contribution in [1.29, 1.82) is 0 Å². The molecule has 0 aliphatic rings. The number of nitrogens with zero attached hydrogens (tertiary/aromatic N) is 1. The van der Waals surface area contributed by atoms with Crippen LogP contribution in [0.3, 0.4) is 0 Å². The maximum Gasteiger partial charge on any atom is 0.400 e. The summed E-state index contributed by atoms with van der Waals surface area (Å²) in [6.45, 7) is 0. The first-order valence-electron chi connectivity index (χ1n) is 5.66. The van der Waals surface area contributed by atoms with E-state index in [1.165, 1.54) is 6.07 Å². The predicted molar refractivity (Wildman–Crippen MR) is 69.0 cm³/mol. The van der Waals surface area contributed by atoms with Crippen molar-refractivity contribution in [3.8, 4) is 11.8 Å². The Kier molecular flexibility index (Phi) is 2.64. The number of benzene rings is 2. The molecule has 1 aromatic heterocycles. The minimum absolute atomic E-state index is 0.128. The van der Waals surface area contributed by atoms with Crippen LogP contribution in [-0.4, -0.2) is 10.9 Å². The monoisotopic (exact) mass is 254 g/mol. The van der Waals surface area contributed by atoms with Gasteiger partial charge in [0.25, 0.3) is 0 Å². The van der Waals surface area contributed by atoms with Crippen LogP contribution in [0.1, 0.15) is 10.4 Å². The summed E-state index contributed by atoms with van der Waals surface area (Å²) in [5.41, 5.74) is 6.93. The SMILES string of the molecule is NC(=O)c1cccc(Oc2nc3ccccc3o2)c1. The van der Waals surface area contributed by atoms with Crippen molar-refractivity contribution in [2.75, 3.05) is 0 Å². The average molecular weight is 254 g/mol. The molecule has 94 valence electrons. The number of hydrogen-bond donors (Lipinski definition) is 1. The summed E-state index contributed by atoms with van der Waals surface area (Å²) >= 11 is 0. The lowest BCUT2D eigenvalue weighted by molar-refractivity contribution is 0.1000. The quantitative estimate of drug-likeness (QED) is 0.779. The number of carbonyl (C=O) groups excluding carboxylic acids is 1. The molecule has 0 bridgehead atoms. The van der Waals surface area contributed by atoms with Gasteiger partial charge in [0.05, 0.1) is 0 Å². The van der Waals surface area contributed by atoms with E-state index in [0.29, 0.717) is 22.4 Å². The number of carbonyl (C=O) groups is 1. The predicted octanol–water partition coefficient (Wildman–Crippen LogP) is 2.72. The molecule has 3 aromatic rings. The van der Waals surface area contributed by atoms with Crippen LogP contribution in [0.4, 0.5) is 0 Å². The number of primary amides is 1. The normalized spacial score (nSPS) is 10.5. The molecule has 5 nitrogen and oxygen atoms in total. The Morgan fingerprint density at radius 1 is 1.16 bits per heavy atom. The van der Waals surface area contributed by atoms with Crippen molar-refractivity contribution < 1.29 is 13.9 Å². The lowest BCUT2D eigenvalue weighted by atomic mass is 10.2. The molecule has 0 saturated heterocycles. The van der Waals surface area contributed by atoms with Gasteiger partial charge in [-0.25, -0.2) is 0 Å². The van der Waals surface area contributed by atoms with E-state index in [1.807, 2.05) is 18.2 Å². The van der Waals surface area contributed by atoms with E-state index in [2.05, 4.69) is 4.98 Å². The summed E-state index contributed by atoms with van der Waals surface area (Å²) in [5.74, 6) is -0.0640. The second kappa shape index (κ2) is 4.45. The fourth-order valence-electron chi connectivity index (χ4n) is 1.71. The Morgan fingerprint density at radius 2 is 2.00 bits per heavy atom. The van der Waals surface area contributed by atoms with Gasteiger partial charge in [-0.05, 0) is 30.3 Å². The molecule has 19 heavy (non-hydrogen) atoms. The Hall–Kier alpha value is -2.82. The van der Waals surface area contributed by atoms with E-state index < -0.39 is 5.91 Å². The van der Waals surface area contributed by atoms with Crippen LogP contribution in [0.5, 0.6) is 11.8 Å². The highest BCUT2D eigenvalue weighted by Crippen LogP contribution is 2.25. The first-order chi connectivity index (χ1) is 9.22. The van der Waals surface area contributed by atoms with Crippen LogP contribution in [0.2, 0.25) is 0 Å². The summed E-state index contributed by atoms with van der Waals surface area (Å²) in [7, 11) is 0. The zero-order chi connectivity index (χ0) is 13.2. The van der Waals surface area contributed by atoms with E-state index in [0.717, 1.165) is 0 Å². The number of para-hydroxylation sites is 2. The van der Waals surface area contributed by atoms with Crippen molar-refractivity contribution in [3.63, 3.8) is 0 Å². The highest BCUT2D eigenvalue weighted by atomic mass is 16.6.